The molecule has 2 heterocycles. The Hall–Kier alpha value is -3.12. The van der Waals surface area contributed by atoms with Gasteiger partial charge in [0.25, 0.3) is 0 Å². The predicted molar refractivity (Wildman–Crippen MR) is 135 cm³/mol. The molecule has 2 atom stereocenters. The second-order valence-corrected chi connectivity index (χ2v) is 8.96. The highest BCUT2D eigenvalue weighted by molar-refractivity contribution is 5.80. The van der Waals surface area contributed by atoms with Gasteiger partial charge in [0, 0.05) is 50.7 Å². The van der Waals surface area contributed by atoms with Gasteiger partial charge in [-0.1, -0.05) is 54.6 Å². The second-order valence-electron chi connectivity index (χ2n) is 8.96. The number of aromatic nitrogens is 2. The maximum atomic E-state index is 4.89. The molecule has 6 nitrogen and oxygen atoms in total. The standard InChI is InChI=1S/C27H36N6/c1-4-28-27(31-26-15-21(2)33(20-26)18-23-9-6-5-7-10-23)30-17-24-11-8-12-25(16-24)19-32-14-13-29-22(32)3/h5-14,16,21,26H,4,15,17-20H2,1-3H3,(H2,28,30,31). The molecule has 0 bridgehead atoms. The molecule has 0 amide bonds. The van der Waals surface area contributed by atoms with E-state index in [0.717, 1.165) is 44.4 Å². The zero-order chi connectivity index (χ0) is 23.0. The Morgan fingerprint density at radius 3 is 2.61 bits per heavy atom. The summed E-state index contributed by atoms with van der Waals surface area (Å²) in [5, 5.41) is 7.10. The van der Waals surface area contributed by atoms with Crippen LogP contribution in [0.4, 0.5) is 0 Å². The number of hydrogen-bond acceptors (Lipinski definition) is 3. The molecule has 174 valence electrons. The van der Waals surface area contributed by atoms with Crippen molar-refractivity contribution in [3.05, 3.63) is 89.5 Å². The lowest BCUT2D eigenvalue weighted by atomic mass is 10.1. The van der Waals surface area contributed by atoms with Crippen LogP contribution in [-0.4, -0.2) is 45.6 Å². The summed E-state index contributed by atoms with van der Waals surface area (Å²) in [6.07, 6.45) is 5.00. The lowest BCUT2D eigenvalue weighted by Gasteiger charge is -2.21. The fourth-order valence-electron chi connectivity index (χ4n) is 4.52. The third-order valence-corrected chi connectivity index (χ3v) is 6.31. The Morgan fingerprint density at radius 2 is 1.85 bits per heavy atom. The van der Waals surface area contributed by atoms with E-state index >= 15 is 0 Å². The molecule has 1 fully saturated rings. The molecule has 1 aliphatic rings. The summed E-state index contributed by atoms with van der Waals surface area (Å²) in [7, 11) is 0. The highest BCUT2D eigenvalue weighted by Crippen LogP contribution is 2.20. The maximum absolute atomic E-state index is 4.89. The average molecular weight is 445 g/mol. The number of hydrogen-bond donors (Lipinski definition) is 2. The van der Waals surface area contributed by atoms with Crippen LogP contribution in [-0.2, 0) is 19.6 Å². The minimum Gasteiger partial charge on any atom is -0.357 e. The van der Waals surface area contributed by atoms with Gasteiger partial charge in [-0.05, 0) is 43.9 Å². The van der Waals surface area contributed by atoms with Crippen molar-refractivity contribution in [2.24, 2.45) is 4.99 Å². The fraction of sp³-hybridized carbons (Fsp3) is 0.407. The van der Waals surface area contributed by atoms with Crippen molar-refractivity contribution < 1.29 is 0 Å². The molecule has 0 spiro atoms. The molecule has 2 N–H and O–H groups in total. The van der Waals surface area contributed by atoms with Crippen LogP contribution >= 0.6 is 0 Å². The van der Waals surface area contributed by atoms with E-state index in [1.165, 1.54) is 16.7 Å². The van der Waals surface area contributed by atoms with Crippen molar-refractivity contribution >= 4 is 5.96 Å². The smallest absolute Gasteiger partial charge is 0.191 e. The van der Waals surface area contributed by atoms with E-state index in [-0.39, 0.29) is 0 Å². The van der Waals surface area contributed by atoms with E-state index in [1.54, 1.807) is 0 Å². The summed E-state index contributed by atoms with van der Waals surface area (Å²) in [5.41, 5.74) is 3.85. The first-order valence-electron chi connectivity index (χ1n) is 12.0. The van der Waals surface area contributed by atoms with Crippen molar-refractivity contribution in [2.45, 2.75) is 58.9 Å². The highest BCUT2D eigenvalue weighted by Gasteiger charge is 2.29. The SMILES string of the molecule is CCNC(=NCc1cccc(Cn2ccnc2C)c1)NC1CC(C)N(Cc2ccccc2)C1. The van der Waals surface area contributed by atoms with Crippen molar-refractivity contribution in [2.75, 3.05) is 13.1 Å². The zero-order valence-electron chi connectivity index (χ0n) is 20.0. The summed E-state index contributed by atoms with van der Waals surface area (Å²) >= 11 is 0. The van der Waals surface area contributed by atoms with Gasteiger partial charge in [-0.15, -0.1) is 0 Å². The quantitative estimate of drug-likeness (QED) is 0.408. The monoisotopic (exact) mass is 444 g/mol. The molecule has 0 aliphatic carbocycles. The minimum atomic E-state index is 0.400. The maximum Gasteiger partial charge on any atom is 0.191 e. The van der Waals surface area contributed by atoms with Crippen LogP contribution in [0.3, 0.4) is 0 Å². The minimum absolute atomic E-state index is 0.400. The summed E-state index contributed by atoms with van der Waals surface area (Å²) in [6.45, 7) is 10.8. The van der Waals surface area contributed by atoms with E-state index < -0.39 is 0 Å². The van der Waals surface area contributed by atoms with Crippen LogP contribution in [0.1, 0.15) is 42.8 Å². The van der Waals surface area contributed by atoms with Gasteiger partial charge in [0.05, 0.1) is 6.54 Å². The molecule has 1 saturated heterocycles. The van der Waals surface area contributed by atoms with Crippen molar-refractivity contribution in [1.29, 1.82) is 0 Å². The van der Waals surface area contributed by atoms with E-state index in [9.17, 15) is 0 Å². The van der Waals surface area contributed by atoms with Gasteiger partial charge in [-0.2, -0.15) is 0 Å². The molecule has 2 unspecified atom stereocenters. The summed E-state index contributed by atoms with van der Waals surface area (Å²) < 4.78 is 2.16. The molecular weight excluding hydrogens is 408 g/mol. The molecule has 1 aliphatic heterocycles. The van der Waals surface area contributed by atoms with Crippen LogP contribution in [0.25, 0.3) is 0 Å². The Bertz CT molecular complexity index is 1040. The van der Waals surface area contributed by atoms with Gasteiger partial charge in [0.15, 0.2) is 5.96 Å². The third-order valence-electron chi connectivity index (χ3n) is 6.31. The predicted octanol–water partition coefficient (Wildman–Crippen LogP) is 3.96. The summed E-state index contributed by atoms with van der Waals surface area (Å²) in [6, 6.07) is 20.4. The van der Waals surface area contributed by atoms with Crippen LogP contribution < -0.4 is 10.6 Å². The van der Waals surface area contributed by atoms with Crippen LogP contribution in [0.2, 0.25) is 0 Å². The van der Waals surface area contributed by atoms with Crippen molar-refractivity contribution in [1.82, 2.24) is 25.1 Å². The van der Waals surface area contributed by atoms with Gasteiger partial charge in [-0.25, -0.2) is 9.98 Å². The number of imidazole rings is 1. The number of nitrogens with one attached hydrogen (secondary N) is 2. The van der Waals surface area contributed by atoms with E-state index in [2.05, 4.69) is 93.5 Å². The molecule has 0 saturated carbocycles. The summed E-state index contributed by atoms with van der Waals surface area (Å²) in [5.74, 6) is 1.93. The molecule has 0 radical (unpaired) electrons. The Balaban J connectivity index is 1.36. The van der Waals surface area contributed by atoms with Gasteiger partial charge in [0.1, 0.15) is 5.82 Å². The number of aliphatic imine (C=N–C) groups is 1. The summed E-state index contributed by atoms with van der Waals surface area (Å²) in [4.78, 5) is 11.8. The lowest BCUT2D eigenvalue weighted by molar-refractivity contribution is 0.258. The average Bonchev–Trinajstić information content (AvgIpc) is 3.37. The van der Waals surface area contributed by atoms with Crippen molar-refractivity contribution in [3.8, 4) is 0 Å². The molecule has 4 rings (SSSR count). The number of nitrogens with zero attached hydrogens (tertiary/aromatic N) is 4. The largest absolute Gasteiger partial charge is 0.357 e. The molecule has 2 aromatic carbocycles. The Kier molecular flexibility index (Phi) is 7.79. The van der Waals surface area contributed by atoms with Crippen LogP contribution in [0.5, 0.6) is 0 Å². The third kappa shape index (κ3) is 6.45. The highest BCUT2D eigenvalue weighted by atomic mass is 15.3. The fourth-order valence-corrected chi connectivity index (χ4v) is 4.52. The number of benzene rings is 2. The number of likely N-dealkylation sites (tertiary alicyclic amines) is 1. The Labute approximate surface area is 197 Å². The van der Waals surface area contributed by atoms with E-state index in [0.29, 0.717) is 18.6 Å². The normalized spacial score (nSPS) is 19.1. The van der Waals surface area contributed by atoms with Gasteiger partial charge in [-0.3, -0.25) is 4.90 Å². The molecule has 6 heteroatoms. The molecule has 33 heavy (non-hydrogen) atoms. The second kappa shape index (κ2) is 11.1. The number of guanidine groups is 1. The first-order chi connectivity index (χ1) is 16.1. The van der Waals surface area contributed by atoms with Gasteiger partial charge >= 0.3 is 0 Å². The van der Waals surface area contributed by atoms with Crippen molar-refractivity contribution in [3.63, 3.8) is 0 Å². The first-order valence-corrected chi connectivity index (χ1v) is 12.0. The van der Waals surface area contributed by atoms with Crippen LogP contribution in [0, 0.1) is 6.92 Å². The Morgan fingerprint density at radius 1 is 1.06 bits per heavy atom. The van der Waals surface area contributed by atoms with Gasteiger partial charge in [0.2, 0.25) is 0 Å². The lowest BCUT2D eigenvalue weighted by Crippen LogP contribution is -2.44. The zero-order valence-corrected chi connectivity index (χ0v) is 20.0. The van der Waals surface area contributed by atoms with E-state index in [1.807, 2.05) is 19.3 Å². The molecule has 3 aromatic rings. The topological polar surface area (TPSA) is 57.5 Å². The van der Waals surface area contributed by atoms with Gasteiger partial charge < -0.3 is 15.2 Å². The number of rotatable bonds is 8. The molecule has 1 aromatic heterocycles. The molecular formula is C27H36N6. The first kappa shape index (κ1) is 23.1. The number of aryl methyl sites for hydroxylation is 1. The van der Waals surface area contributed by atoms with E-state index in [4.69, 9.17) is 4.99 Å². The van der Waals surface area contributed by atoms with Crippen LogP contribution in [0.15, 0.2) is 72.0 Å².